The molecule has 0 bridgehead atoms. The summed E-state index contributed by atoms with van der Waals surface area (Å²) in [5.41, 5.74) is 2.89. The van der Waals surface area contributed by atoms with Gasteiger partial charge in [0.05, 0.1) is 15.6 Å². The van der Waals surface area contributed by atoms with Crippen LogP contribution in [-0.2, 0) is 19.4 Å². The maximum atomic E-state index is 13.7. The van der Waals surface area contributed by atoms with E-state index in [9.17, 15) is 18.0 Å². The van der Waals surface area contributed by atoms with Gasteiger partial charge in [0.25, 0.3) is 0 Å². The van der Waals surface area contributed by atoms with Gasteiger partial charge in [0.1, 0.15) is 0 Å². The Bertz CT molecular complexity index is 1190. The van der Waals surface area contributed by atoms with Crippen LogP contribution in [0.2, 0.25) is 5.02 Å². The smallest absolute Gasteiger partial charge is 0.246 e. The molecule has 1 saturated heterocycles. The number of halogens is 1. The highest BCUT2D eigenvalue weighted by atomic mass is 35.5. The molecule has 0 atom stereocenters. The SMILES string of the molecule is Cc1ccc(S(=O)(=O)C2(C(=O)Nc3ccc(N4CCCC4=O)c(Cl)c3)CCCC2)cc1C. The van der Waals surface area contributed by atoms with Gasteiger partial charge in [-0.25, -0.2) is 8.42 Å². The lowest BCUT2D eigenvalue weighted by molar-refractivity contribution is -0.118. The number of nitrogens with one attached hydrogen (secondary N) is 1. The highest BCUT2D eigenvalue weighted by Gasteiger charge is 2.53. The van der Waals surface area contributed by atoms with Crippen molar-refractivity contribution in [1.29, 1.82) is 0 Å². The summed E-state index contributed by atoms with van der Waals surface area (Å²) >= 11 is 6.41. The van der Waals surface area contributed by atoms with Crippen molar-refractivity contribution in [2.24, 2.45) is 0 Å². The van der Waals surface area contributed by atoms with E-state index < -0.39 is 20.5 Å². The average molecular weight is 475 g/mol. The van der Waals surface area contributed by atoms with E-state index in [1.807, 2.05) is 13.8 Å². The van der Waals surface area contributed by atoms with Crippen LogP contribution in [-0.4, -0.2) is 31.5 Å². The molecule has 2 fully saturated rings. The van der Waals surface area contributed by atoms with Crippen molar-refractivity contribution in [3.8, 4) is 0 Å². The van der Waals surface area contributed by atoms with E-state index in [4.69, 9.17) is 11.6 Å². The van der Waals surface area contributed by atoms with Gasteiger partial charge < -0.3 is 10.2 Å². The predicted octanol–water partition coefficient (Wildman–Crippen LogP) is 4.81. The quantitative estimate of drug-likeness (QED) is 0.674. The number of hydrogen-bond donors (Lipinski definition) is 1. The molecule has 1 aliphatic carbocycles. The van der Waals surface area contributed by atoms with Gasteiger partial charge in [-0.05, 0) is 74.6 Å². The third-order valence-electron chi connectivity index (χ3n) is 6.70. The van der Waals surface area contributed by atoms with Crippen molar-refractivity contribution in [3.63, 3.8) is 0 Å². The Morgan fingerprint density at radius 3 is 2.34 bits per heavy atom. The van der Waals surface area contributed by atoms with Crippen molar-refractivity contribution < 1.29 is 18.0 Å². The Morgan fingerprint density at radius 2 is 1.75 bits per heavy atom. The molecule has 0 spiro atoms. The fraction of sp³-hybridized carbons (Fsp3) is 0.417. The summed E-state index contributed by atoms with van der Waals surface area (Å²) in [6.07, 6.45) is 3.19. The third-order valence-corrected chi connectivity index (χ3v) is 9.50. The second-order valence-electron chi connectivity index (χ2n) is 8.72. The molecular weight excluding hydrogens is 448 g/mol. The Hall–Kier alpha value is -2.38. The molecule has 2 amide bonds. The Morgan fingerprint density at radius 1 is 1.03 bits per heavy atom. The van der Waals surface area contributed by atoms with Gasteiger partial charge in [-0.1, -0.05) is 30.5 Å². The summed E-state index contributed by atoms with van der Waals surface area (Å²) in [5, 5.41) is 3.13. The van der Waals surface area contributed by atoms with Crippen molar-refractivity contribution in [2.75, 3.05) is 16.8 Å². The van der Waals surface area contributed by atoms with Gasteiger partial charge in [0.15, 0.2) is 14.6 Å². The number of carbonyl (C=O) groups excluding carboxylic acids is 2. The van der Waals surface area contributed by atoms with Crippen LogP contribution in [0, 0.1) is 13.8 Å². The molecule has 0 radical (unpaired) electrons. The maximum Gasteiger partial charge on any atom is 0.246 e. The second kappa shape index (κ2) is 8.52. The Labute approximate surface area is 193 Å². The zero-order chi connectivity index (χ0) is 23.1. The molecule has 1 N–H and O–H groups in total. The van der Waals surface area contributed by atoms with Crippen LogP contribution in [0.25, 0.3) is 0 Å². The lowest BCUT2D eigenvalue weighted by atomic mass is 10.1. The molecule has 4 rings (SSSR count). The van der Waals surface area contributed by atoms with E-state index in [0.29, 0.717) is 42.2 Å². The molecule has 2 aliphatic rings. The number of benzene rings is 2. The number of anilines is 2. The van der Waals surface area contributed by atoms with Gasteiger partial charge >= 0.3 is 0 Å². The number of sulfone groups is 1. The Balaban J connectivity index is 1.63. The van der Waals surface area contributed by atoms with Crippen LogP contribution < -0.4 is 10.2 Å². The van der Waals surface area contributed by atoms with Crippen LogP contribution in [0.3, 0.4) is 0 Å². The molecule has 170 valence electrons. The molecule has 6 nitrogen and oxygen atoms in total. The lowest BCUT2D eigenvalue weighted by Crippen LogP contribution is -2.47. The number of nitrogens with zero attached hydrogens (tertiary/aromatic N) is 1. The van der Waals surface area contributed by atoms with E-state index in [-0.39, 0.29) is 23.6 Å². The normalized spacial score (nSPS) is 18.2. The summed E-state index contributed by atoms with van der Waals surface area (Å²) in [6, 6.07) is 9.95. The summed E-state index contributed by atoms with van der Waals surface area (Å²) < 4.78 is 25.8. The van der Waals surface area contributed by atoms with E-state index in [1.165, 1.54) is 0 Å². The molecule has 1 saturated carbocycles. The summed E-state index contributed by atoms with van der Waals surface area (Å²) in [7, 11) is -3.90. The zero-order valence-electron chi connectivity index (χ0n) is 18.3. The summed E-state index contributed by atoms with van der Waals surface area (Å²) in [5.74, 6) is -0.512. The molecule has 0 aromatic heterocycles. The van der Waals surface area contributed by atoms with Crippen molar-refractivity contribution in [3.05, 3.63) is 52.5 Å². The largest absolute Gasteiger partial charge is 0.325 e. The van der Waals surface area contributed by atoms with Gasteiger partial charge in [-0.15, -0.1) is 0 Å². The fourth-order valence-corrected chi connectivity index (χ4v) is 7.06. The van der Waals surface area contributed by atoms with Crippen molar-refractivity contribution in [1.82, 2.24) is 0 Å². The summed E-state index contributed by atoms with van der Waals surface area (Å²) in [4.78, 5) is 27.3. The van der Waals surface area contributed by atoms with Gasteiger partial charge in [-0.2, -0.15) is 0 Å². The van der Waals surface area contributed by atoms with E-state index in [0.717, 1.165) is 17.5 Å². The minimum atomic E-state index is -3.90. The average Bonchev–Trinajstić information content (AvgIpc) is 3.40. The van der Waals surface area contributed by atoms with E-state index in [2.05, 4.69) is 5.32 Å². The molecule has 0 unspecified atom stereocenters. The number of amides is 2. The van der Waals surface area contributed by atoms with Gasteiger partial charge in [-0.3, -0.25) is 9.59 Å². The standard InChI is InChI=1S/C24H27ClN2O4S/c1-16-7-9-19(14-17(16)2)32(30,31)24(11-3-4-12-24)23(29)26-18-8-10-21(20(25)15-18)27-13-5-6-22(27)28/h7-10,14-15H,3-6,11-13H2,1-2H3,(H,26,29). The predicted molar refractivity (Wildman–Crippen MR) is 126 cm³/mol. The zero-order valence-corrected chi connectivity index (χ0v) is 19.9. The van der Waals surface area contributed by atoms with Crippen LogP contribution in [0.15, 0.2) is 41.3 Å². The number of hydrogen-bond acceptors (Lipinski definition) is 4. The molecule has 1 aliphatic heterocycles. The molecular formula is C24H27ClN2O4S. The van der Waals surface area contributed by atoms with E-state index >= 15 is 0 Å². The monoisotopic (exact) mass is 474 g/mol. The maximum absolute atomic E-state index is 13.7. The molecule has 1 heterocycles. The van der Waals surface area contributed by atoms with Crippen molar-refractivity contribution >= 4 is 44.6 Å². The lowest BCUT2D eigenvalue weighted by Gasteiger charge is -2.28. The van der Waals surface area contributed by atoms with Gasteiger partial charge in [0, 0.05) is 18.7 Å². The van der Waals surface area contributed by atoms with E-state index in [1.54, 1.807) is 41.3 Å². The molecule has 32 heavy (non-hydrogen) atoms. The molecule has 2 aromatic carbocycles. The molecule has 8 heteroatoms. The highest BCUT2D eigenvalue weighted by Crippen LogP contribution is 2.42. The first-order valence-electron chi connectivity index (χ1n) is 10.9. The summed E-state index contributed by atoms with van der Waals surface area (Å²) in [6.45, 7) is 4.40. The first-order chi connectivity index (χ1) is 15.2. The number of carbonyl (C=O) groups is 2. The van der Waals surface area contributed by atoms with Crippen LogP contribution in [0.5, 0.6) is 0 Å². The first kappa shape index (κ1) is 22.8. The minimum absolute atomic E-state index is 0.0214. The van der Waals surface area contributed by atoms with Crippen LogP contribution in [0.1, 0.15) is 49.7 Å². The topological polar surface area (TPSA) is 83.6 Å². The number of rotatable bonds is 5. The first-order valence-corrected chi connectivity index (χ1v) is 12.8. The Kier molecular flexibility index (Phi) is 6.07. The number of aryl methyl sites for hydroxylation is 2. The van der Waals surface area contributed by atoms with Gasteiger partial charge in [0.2, 0.25) is 11.8 Å². The third kappa shape index (κ3) is 3.82. The highest BCUT2D eigenvalue weighted by molar-refractivity contribution is 7.93. The van der Waals surface area contributed by atoms with Crippen LogP contribution in [0.4, 0.5) is 11.4 Å². The minimum Gasteiger partial charge on any atom is -0.325 e. The van der Waals surface area contributed by atoms with Crippen LogP contribution >= 0.6 is 11.6 Å². The second-order valence-corrected chi connectivity index (χ2v) is 11.4. The fourth-order valence-electron chi connectivity index (χ4n) is 4.62. The van der Waals surface area contributed by atoms with Crippen molar-refractivity contribution in [2.45, 2.75) is 62.0 Å². The molecule has 2 aromatic rings.